The SMILES string of the molecule is N#Cc1c(-c2ccc(C(F)(F)F)c(F)c2)c(=O)c2cc3c(C#N)c(-c4ccc(C(F)(F)F)c(F)c4)c(=O)c3cc12. The largest absolute Gasteiger partial charge is 0.419 e. The van der Waals surface area contributed by atoms with Gasteiger partial charge in [-0.2, -0.15) is 36.9 Å². The summed E-state index contributed by atoms with van der Waals surface area (Å²) in [6.45, 7) is 0. The number of rotatable bonds is 2. The van der Waals surface area contributed by atoms with Crippen LogP contribution in [0.1, 0.15) is 22.3 Å². The molecule has 4 nitrogen and oxygen atoms in total. The zero-order valence-corrected chi connectivity index (χ0v) is 19.4. The first-order chi connectivity index (χ1) is 18.7. The molecule has 0 radical (unpaired) electrons. The van der Waals surface area contributed by atoms with E-state index in [2.05, 4.69) is 0 Å². The van der Waals surface area contributed by atoms with Gasteiger partial charge in [-0.1, -0.05) is 12.1 Å². The minimum atomic E-state index is -5.01. The van der Waals surface area contributed by atoms with E-state index in [1.54, 1.807) is 12.1 Å². The van der Waals surface area contributed by atoms with E-state index in [9.17, 15) is 55.2 Å². The van der Waals surface area contributed by atoms with Gasteiger partial charge in [0.25, 0.3) is 0 Å². The molecule has 198 valence electrons. The van der Waals surface area contributed by atoms with Crippen LogP contribution in [0.5, 0.6) is 0 Å². The molecular weight excluding hydrogens is 548 g/mol. The maximum Gasteiger partial charge on any atom is 0.419 e. The predicted octanol–water partition coefficient (Wildman–Crippen LogP) is 6.98. The van der Waals surface area contributed by atoms with Gasteiger partial charge in [-0.25, -0.2) is 8.78 Å². The van der Waals surface area contributed by atoms with E-state index in [4.69, 9.17) is 0 Å². The highest BCUT2D eigenvalue weighted by molar-refractivity contribution is 6.10. The van der Waals surface area contributed by atoms with Gasteiger partial charge in [0.2, 0.25) is 0 Å². The average molecular weight is 556 g/mol. The van der Waals surface area contributed by atoms with E-state index >= 15 is 0 Å². The summed E-state index contributed by atoms with van der Waals surface area (Å²) in [6, 6.07) is 9.01. The van der Waals surface area contributed by atoms with Gasteiger partial charge < -0.3 is 0 Å². The van der Waals surface area contributed by atoms with Gasteiger partial charge in [-0.3, -0.25) is 9.59 Å². The van der Waals surface area contributed by atoms with E-state index < -0.39 is 57.1 Å². The van der Waals surface area contributed by atoms with Crippen molar-refractivity contribution < 1.29 is 35.1 Å². The summed E-state index contributed by atoms with van der Waals surface area (Å²) < 4.78 is 106. The molecule has 0 amide bonds. The predicted molar refractivity (Wildman–Crippen MR) is 127 cm³/mol. The Kier molecular flexibility index (Phi) is 5.77. The molecule has 0 spiro atoms. The first kappa shape index (κ1) is 26.5. The molecule has 0 unspecified atom stereocenters. The minimum Gasteiger partial charge on any atom is -0.289 e. The number of fused-ring (bicyclic) bond motifs is 2. The van der Waals surface area contributed by atoms with E-state index in [0.29, 0.717) is 24.3 Å². The van der Waals surface area contributed by atoms with Crippen LogP contribution in [0.4, 0.5) is 35.1 Å². The number of halogens is 8. The van der Waals surface area contributed by atoms with Crippen molar-refractivity contribution in [3.05, 3.63) is 103 Å². The maximum absolute atomic E-state index is 14.2. The van der Waals surface area contributed by atoms with Crippen LogP contribution < -0.4 is 10.9 Å². The summed E-state index contributed by atoms with van der Waals surface area (Å²) in [5.74, 6) is -3.36. The summed E-state index contributed by atoms with van der Waals surface area (Å²) in [4.78, 5) is 26.5. The topological polar surface area (TPSA) is 81.7 Å². The molecule has 0 N–H and O–H groups in total. The van der Waals surface area contributed by atoms with Gasteiger partial charge in [0.15, 0.2) is 10.9 Å². The molecule has 0 aliphatic carbocycles. The fourth-order valence-electron chi connectivity index (χ4n) is 4.74. The van der Waals surface area contributed by atoms with Crippen LogP contribution in [0.15, 0.2) is 58.1 Å². The molecule has 5 rings (SSSR count). The van der Waals surface area contributed by atoms with Crippen molar-refractivity contribution in [2.75, 3.05) is 0 Å². The maximum atomic E-state index is 14.2. The molecule has 0 atom stereocenters. The zero-order valence-electron chi connectivity index (χ0n) is 19.4. The Morgan fingerprint density at radius 3 is 1.18 bits per heavy atom. The third kappa shape index (κ3) is 3.88. The summed E-state index contributed by atoms with van der Waals surface area (Å²) in [6.07, 6.45) is -10.0. The van der Waals surface area contributed by atoms with Gasteiger partial charge in [-0.05, 0) is 47.5 Å². The van der Waals surface area contributed by atoms with Gasteiger partial charge in [0.05, 0.1) is 22.3 Å². The molecular formula is C28H8F8N2O2. The first-order valence-electron chi connectivity index (χ1n) is 11.0. The molecule has 0 saturated carbocycles. The Labute approximate surface area is 217 Å². The number of hydrogen-bond donors (Lipinski definition) is 0. The van der Waals surface area contributed by atoms with Crippen LogP contribution in [-0.2, 0) is 12.4 Å². The van der Waals surface area contributed by atoms with E-state index in [-0.39, 0.29) is 43.8 Å². The molecule has 0 aliphatic rings. The van der Waals surface area contributed by atoms with Crippen LogP contribution in [-0.4, -0.2) is 0 Å². The average Bonchev–Trinajstić information content (AvgIpc) is 3.30. The van der Waals surface area contributed by atoms with Gasteiger partial charge in [-0.15, -0.1) is 0 Å². The second-order valence-electron chi connectivity index (χ2n) is 8.71. The number of nitriles is 2. The Bertz CT molecular complexity index is 1920. The minimum absolute atomic E-state index is 0.118. The van der Waals surface area contributed by atoms with Gasteiger partial charge >= 0.3 is 12.4 Å². The summed E-state index contributed by atoms with van der Waals surface area (Å²) >= 11 is 0. The Hall–Kier alpha value is -5.10. The van der Waals surface area contributed by atoms with Gasteiger partial charge in [0.1, 0.15) is 23.8 Å². The second kappa shape index (κ2) is 8.71. The summed E-state index contributed by atoms with van der Waals surface area (Å²) in [5, 5.41) is 18.9. The lowest BCUT2D eigenvalue weighted by Crippen LogP contribution is -2.08. The van der Waals surface area contributed by atoms with Crippen LogP contribution in [0.25, 0.3) is 43.8 Å². The highest BCUT2D eigenvalue weighted by Gasteiger charge is 2.35. The molecule has 0 aromatic heterocycles. The normalized spacial score (nSPS) is 12.2. The number of benzene rings is 3. The van der Waals surface area contributed by atoms with E-state index in [1.165, 1.54) is 0 Å². The number of alkyl halides is 6. The molecule has 5 aromatic rings. The standard InChI is InChI=1S/C28H8F8N2O2/c29-21-5-11(1-3-19(21)27(31,32)33)23-17(9-37)13-7-16-14(8-15(13)25(23)39)18(10-38)24(26(16)40)12-2-4-20(22(30)6-12)28(34,35)36/h1-8H. The van der Waals surface area contributed by atoms with Crippen LogP contribution in [0.3, 0.4) is 0 Å². The zero-order chi connectivity index (χ0) is 29.3. The number of hydrogen-bond acceptors (Lipinski definition) is 4. The molecule has 12 heteroatoms. The molecule has 0 saturated heterocycles. The van der Waals surface area contributed by atoms with Crippen molar-refractivity contribution in [3.8, 4) is 34.4 Å². The summed E-state index contributed by atoms with van der Waals surface area (Å²) in [7, 11) is 0. The van der Waals surface area contributed by atoms with E-state index in [0.717, 1.165) is 24.3 Å². The highest BCUT2D eigenvalue weighted by atomic mass is 19.4. The fraction of sp³-hybridized carbons (Fsp3) is 0.0714. The lowest BCUT2D eigenvalue weighted by atomic mass is 10.0. The first-order valence-corrected chi connectivity index (χ1v) is 11.0. The van der Waals surface area contributed by atoms with Crippen LogP contribution in [0.2, 0.25) is 0 Å². The van der Waals surface area contributed by atoms with Crippen molar-refractivity contribution >= 4 is 21.5 Å². The molecule has 0 heterocycles. The van der Waals surface area contributed by atoms with E-state index in [1.807, 2.05) is 0 Å². The number of nitrogens with zero attached hydrogens (tertiary/aromatic N) is 2. The Morgan fingerprint density at radius 1 is 0.550 bits per heavy atom. The Balaban J connectivity index is 1.78. The Morgan fingerprint density at radius 2 is 0.900 bits per heavy atom. The van der Waals surface area contributed by atoms with Gasteiger partial charge in [0, 0.05) is 32.7 Å². The van der Waals surface area contributed by atoms with Crippen molar-refractivity contribution in [1.29, 1.82) is 10.5 Å². The van der Waals surface area contributed by atoms with Crippen LogP contribution in [0, 0.1) is 34.3 Å². The van der Waals surface area contributed by atoms with Crippen molar-refractivity contribution in [3.63, 3.8) is 0 Å². The lowest BCUT2D eigenvalue weighted by Gasteiger charge is -2.09. The summed E-state index contributed by atoms with van der Waals surface area (Å²) in [5.41, 5.74) is -7.21. The monoisotopic (exact) mass is 556 g/mol. The third-order valence-electron chi connectivity index (χ3n) is 6.49. The molecule has 0 fully saturated rings. The molecule has 5 aromatic carbocycles. The third-order valence-corrected chi connectivity index (χ3v) is 6.49. The molecule has 40 heavy (non-hydrogen) atoms. The van der Waals surface area contributed by atoms with Crippen LogP contribution >= 0.6 is 0 Å². The smallest absolute Gasteiger partial charge is 0.289 e. The lowest BCUT2D eigenvalue weighted by molar-refractivity contribution is -0.140. The highest BCUT2D eigenvalue weighted by Crippen LogP contribution is 2.38. The molecule has 0 bridgehead atoms. The molecule has 0 aliphatic heterocycles. The second-order valence-corrected chi connectivity index (χ2v) is 8.71. The quantitative estimate of drug-likeness (QED) is 0.220. The van der Waals surface area contributed by atoms with Crippen molar-refractivity contribution in [2.45, 2.75) is 12.4 Å². The fourth-order valence-corrected chi connectivity index (χ4v) is 4.74. The van der Waals surface area contributed by atoms with Crippen molar-refractivity contribution in [2.24, 2.45) is 0 Å². The van der Waals surface area contributed by atoms with Crippen molar-refractivity contribution in [1.82, 2.24) is 0 Å².